The molecule has 1 aromatic carbocycles. The molecule has 2 aliphatic carbocycles. The zero-order valence-electron chi connectivity index (χ0n) is 16.8. The molecular weight excluding hydrogens is 344 g/mol. The van der Waals surface area contributed by atoms with Gasteiger partial charge in [-0.3, -0.25) is 0 Å². The minimum atomic E-state index is 0.575. The molecule has 3 fully saturated rings. The van der Waals surface area contributed by atoms with Gasteiger partial charge in [-0.2, -0.15) is 0 Å². The van der Waals surface area contributed by atoms with Crippen LogP contribution >= 0.6 is 0 Å². The molecule has 3 heterocycles. The maximum absolute atomic E-state index is 5.10. The molecule has 1 N–H and O–H groups in total. The largest absolute Gasteiger partial charge is 0.324 e. The van der Waals surface area contributed by atoms with E-state index in [2.05, 4.69) is 51.2 Å². The summed E-state index contributed by atoms with van der Waals surface area (Å²) >= 11 is 0. The van der Waals surface area contributed by atoms with E-state index in [-0.39, 0.29) is 0 Å². The lowest BCUT2D eigenvalue weighted by Gasteiger charge is -2.36. The van der Waals surface area contributed by atoms with E-state index in [1.165, 1.54) is 68.6 Å². The first-order chi connectivity index (χ1) is 13.8. The number of nitrogens with one attached hydrogen (secondary N) is 1. The molecular formula is C24H32N4. The number of piperidine rings is 1. The van der Waals surface area contributed by atoms with E-state index >= 15 is 0 Å². The molecule has 0 spiro atoms. The van der Waals surface area contributed by atoms with Gasteiger partial charge in [-0.25, -0.2) is 4.98 Å². The number of rotatable bonds is 4. The van der Waals surface area contributed by atoms with E-state index in [1.807, 2.05) is 0 Å². The predicted molar refractivity (Wildman–Crippen MR) is 114 cm³/mol. The van der Waals surface area contributed by atoms with Crippen molar-refractivity contribution in [3.8, 4) is 0 Å². The summed E-state index contributed by atoms with van der Waals surface area (Å²) in [6, 6.07) is 9.38. The smallest absolute Gasteiger partial charge is 0.114 e. The molecule has 6 rings (SSSR count). The van der Waals surface area contributed by atoms with Crippen molar-refractivity contribution in [1.29, 1.82) is 0 Å². The van der Waals surface area contributed by atoms with Gasteiger partial charge in [-0.15, -0.1) is 0 Å². The van der Waals surface area contributed by atoms with Crippen LogP contribution in [0.2, 0.25) is 0 Å². The quantitative estimate of drug-likeness (QED) is 0.820. The lowest BCUT2D eigenvalue weighted by molar-refractivity contribution is 0.154. The first kappa shape index (κ1) is 17.2. The molecule has 28 heavy (non-hydrogen) atoms. The van der Waals surface area contributed by atoms with Crippen molar-refractivity contribution in [3.63, 3.8) is 0 Å². The number of nitrogens with zero attached hydrogens (tertiary/aromatic N) is 3. The Morgan fingerprint density at radius 1 is 1.04 bits per heavy atom. The second kappa shape index (κ2) is 7.00. The minimum absolute atomic E-state index is 0.575. The van der Waals surface area contributed by atoms with Crippen LogP contribution in [0, 0.1) is 17.8 Å². The first-order valence-electron chi connectivity index (χ1n) is 11.4. The summed E-state index contributed by atoms with van der Waals surface area (Å²) in [6.45, 7) is 6.03. The van der Waals surface area contributed by atoms with Gasteiger partial charge >= 0.3 is 0 Å². The highest BCUT2D eigenvalue weighted by Gasteiger charge is 2.37. The Bertz CT molecular complexity index is 870. The number of hydrogen-bond acceptors (Lipinski definition) is 3. The highest BCUT2D eigenvalue weighted by molar-refractivity contribution is 5.76. The monoisotopic (exact) mass is 376 g/mol. The van der Waals surface area contributed by atoms with E-state index < -0.39 is 0 Å². The molecule has 4 heteroatoms. The third-order valence-corrected chi connectivity index (χ3v) is 7.88. The topological polar surface area (TPSA) is 33.1 Å². The molecule has 1 aromatic heterocycles. The molecule has 4 nitrogen and oxygen atoms in total. The van der Waals surface area contributed by atoms with Gasteiger partial charge in [0.1, 0.15) is 5.82 Å². The van der Waals surface area contributed by atoms with Crippen LogP contribution in [0.3, 0.4) is 0 Å². The standard InChI is InChI=1S/C24H32N4/c1-2-4-23-22(3-1)26-24(19-7-10-25-15-19)28(23)21-8-11-27(12-9-21)16-20-14-17-5-6-18(20)13-17/h1-6,17-21,25H,7-16H2/t17?,18?,19-,20?/m1/s1. The van der Waals surface area contributed by atoms with Crippen LogP contribution in [0.4, 0.5) is 0 Å². The van der Waals surface area contributed by atoms with Gasteiger partial charge in [0.2, 0.25) is 0 Å². The summed E-state index contributed by atoms with van der Waals surface area (Å²) < 4.78 is 2.63. The number of allylic oxidation sites excluding steroid dienone is 2. The lowest BCUT2D eigenvalue weighted by Crippen LogP contribution is -2.39. The van der Waals surface area contributed by atoms with Crippen molar-refractivity contribution in [3.05, 3.63) is 42.2 Å². The van der Waals surface area contributed by atoms with Crippen LogP contribution in [0.5, 0.6) is 0 Å². The van der Waals surface area contributed by atoms with Crippen molar-refractivity contribution >= 4 is 11.0 Å². The van der Waals surface area contributed by atoms with E-state index in [4.69, 9.17) is 4.98 Å². The van der Waals surface area contributed by atoms with Crippen LogP contribution in [0.25, 0.3) is 11.0 Å². The molecule has 2 aliphatic heterocycles. The Kier molecular flexibility index (Phi) is 4.31. The number of aromatic nitrogens is 2. The molecule has 3 unspecified atom stereocenters. The molecule has 2 aromatic rings. The Hall–Kier alpha value is -1.65. The van der Waals surface area contributed by atoms with Crippen molar-refractivity contribution in [2.24, 2.45) is 17.8 Å². The number of benzene rings is 1. The number of hydrogen-bond donors (Lipinski definition) is 1. The fraction of sp³-hybridized carbons (Fsp3) is 0.625. The zero-order valence-corrected chi connectivity index (χ0v) is 16.8. The predicted octanol–water partition coefficient (Wildman–Crippen LogP) is 3.96. The van der Waals surface area contributed by atoms with Crippen LogP contribution in [0.1, 0.15) is 49.9 Å². The first-order valence-corrected chi connectivity index (χ1v) is 11.4. The average Bonchev–Trinajstić information content (AvgIpc) is 3.51. The maximum atomic E-state index is 5.10. The zero-order chi connectivity index (χ0) is 18.5. The molecule has 4 aliphatic rings. The second-order valence-electron chi connectivity index (χ2n) is 9.59. The van der Waals surface area contributed by atoms with E-state index in [0.717, 1.165) is 30.8 Å². The Morgan fingerprint density at radius 2 is 1.93 bits per heavy atom. The number of imidazole rings is 1. The van der Waals surface area contributed by atoms with Crippen LogP contribution in [-0.4, -0.2) is 47.2 Å². The van der Waals surface area contributed by atoms with E-state index in [9.17, 15) is 0 Å². The fourth-order valence-corrected chi connectivity index (χ4v) is 6.41. The van der Waals surface area contributed by atoms with Crippen LogP contribution in [-0.2, 0) is 0 Å². The maximum Gasteiger partial charge on any atom is 0.114 e. The number of fused-ring (bicyclic) bond motifs is 3. The minimum Gasteiger partial charge on any atom is -0.324 e. The molecule has 2 saturated heterocycles. The van der Waals surface area contributed by atoms with Gasteiger partial charge in [0.05, 0.1) is 11.0 Å². The summed E-state index contributed by atoms with van der Waals surface area (Å²) in [4.78, 5) is 7.86. The summed E-state index contributed by atoms with van der Waals surface area (Å²) in [7, 11) is 0. The highest BCUT2D eigenvalue weighted by Crippen LogP contribution is 2.44. The Balaban J connectivity index is 1.20. The normalized spacial score (nSPS) is 33.4. The van der Waals surface area contributed by atoms with Crippen LogP contribution < -0.4 is 5.32 Å². The Labute approximate surface area is 168 Å². The number of likely N-dealkylation sites (tertiary alicyclic amines) is 1. The van der Waals surface area contributed by atoms with Gasteiger partial charge in [0.15, 0.2) is 0 Å². The summed E-state index contributed by atoms with van der Waals surface area (Å²) in [5, 5.41) is 3.54. The van der Waals surface area contributed by atoms with Gasteiger partial charge in [-0.05, 0) is 68.5 Å². The van der Waals surface area contributed by atoms with Crippen molar-refractivity contribution in [2.45, 2.75) is 44.1 Å². The molecule has 0 amide bonds. The fourth-order valence-electron chi connectivity index (χ4n) is 6.41. The van der Waals surface area contributed by atoms with Crippen molar-refractivity contribution < 1.29 is 0 Å². The highest BCUT2D eigenvalue weighted by atomic mass is 15.2. The SMILES string of the molecule is C1=CC2CC1CC2CN1CCC(n2c([C@@H]3CCNC3)nc3ccccc32)CC1. The summed E-state index contributed by atoms with van der Waals surface area (Å²) in [6.07, 6.45) is 11.6. The van der Waals surface area contributed by atoms with Crippen LogP contribution in [0.15, 0.2) is 36.4 Å². The summed E-state index contributed by atoms with van der Waals surface area (Å²) in [5.74, 6) is 4.60. The third kappa shape index (κ3) is 2.93. The lowest BCUT2D eigenvalue weighted by atomic mass is 9.92. The van der Waals surface area contributed by atoms with Gasteiger partial charge < -0.3 is 14.8 Å². The average molecular weight is 377 g/mol. The number of para-hydroxylation sites is 2. The molecule has 4 atom stereocenters. The van der Waals surface area contributed by atoms with E-state index in [0.29, 0.717) is 12.0 Å². The second-order valence-corrected chi connectivity index (χ2v) is 9.59. The molecule has 0 radical (unpaired) electrons. The van der Waals surface area contributed by atoms with Crippen molar-refractivity contribution in [1.82, 2.24) is 19.8 Å². The van der Waals surface area contributed by atoms with Crippen molar-refractivity contribution in [2.75, 3.05) is 32.7 Å². The van der Waals surface area contributed by atoms with Gasteiger partial charge in [0.25, 0.3) is 0 Å². The Morgan fingerprint density at radius 3 is 2.68 bits per heavy atom. The molecule has 2 bridgehead atoms. The van der Waals surface area contributed by atoms with Gasteiger partial charge in [-0.1, -0.05) is 24.3 Å². The van der Waals surface area contributed by atoms with E-state index in [1.54, 1.807) is 0 Å². The van der Waals surface area contributed by atoms with Gasteiger partial charge in [0, 0.05) is 38.1 Å². The molecule has 148 valence electrons. The molecule has 1 saturated carbocycles. The summed E-state index contributed by atoms with van der Waals surface area (Å²) in [5.41, 5.74) is 2.53. The third-order valence-electron chi connectivity index (χ3n) is 7.88.